The van der Waals surface area contributed by atoms with Crippen LogP contribution in [0, 0.1) is 0 Å². The molecule has 25 heavy (non-hydrogen) atoms. The van der Waals surface area contributed by atoms with Crippen molar-refractivity contribution in [1.82, 2.24) is 15.3 Å². The molecule has 0 bridgehead atoms. The molecule has 2 aromatic heterocycles. The summed E-state index contributed by atoms with van der Waals surface area (Å²) in [6.45, 7) is 3.55. The fraction of sp³-hybridized carbons (Fsp3) is 0.235. The first-order chi connectivity index (χ1) is 12.1. The smallest absolute Gasteiger partial charge is 0.208 e. The zero-order valence-corrected chi connectivity index (χ0v) is 14.4. The molecule has 0 radical (unpaired) electrons. The molecule has 4 rings (SSSR count). The fourth-order valence-electron chi connectivity index (χ4n) is 3.06. The van der Waals surface area contributed by atoms with Crippen molar-refractivity contribution in [3.8, 4) is 0 Å². The summed E-state index contributed by atoms with van der Waals surface area (Å²) >= 11 is 0. The third-order valence-corrected chi connectivity index (χ3v) is 6.25. The summed E-state index contributed by atoms with van der Waals surface area (Å²) in [5.41, 5.74) is 7.68. The highest BCUT2D eigenvalue weighted by Gasteiger charge is 2.23. The predicted molar refractivity (Wildman–Crippen MR) is 97.5 cm³/mol. The Morgan fingerprint density at radius 3 is 2.56 bits per heavy atom. The normalized spacial score (nSPS) is 15.6. The van der Waals surface area contributed by atoms with Crippen molar-refractivity contribution in [3.63, 3.8) is 0 Å². The lowest BCUT2D eigenvalue weighted by Crippen LogP contribution is -2.43. The molecule has 8 heteroatoms. The number of nitrogens with two attached hydrogens (primary N) is 1. The second-order valence-electron chi connectivity index (χ2n) is 6.05. The van der Waals surface area contributed by atoms with Gasteiger partial charge in [-0.15, -0.1) is 0 Å². The molecule has 0 aliphatic carbocycles. The second-order valence-corrected chi connectivity index (χ2v) is 7.97. The Morgan fingerprint density at radius 2 is 1.84 bits per heavy atom. The Kier molecular flexibility index (Phi) is 3.85. The number of nitrogens with zero attached hydrogens (tertiary/aromatic N) is 2. The first-order valence-corrected chi connectivity index (χ1v) is 9.57. The summed E-state index contributed by atoms with van der Waals surface area (Å²) in [5.74, 6) is 0. The molecule has 4 N–H and O–H groups in total. The molecule has 1 aromatic carbocycles. The van der Waals surface area contributed by atoms with Crippen LogP contribution in [0.4, 0.5) is 11.4 Å². The largest absolute Gasteiger partial charge is 0.399 e. The Hall–Kier alpha value is -2.58. The Morgan fingerprint density at radius 1 is 1.12 bits per heavy atom. The number of hydrogen-bond acceptors (Lipinski definition) is 6. The van der Waals surface area contributed by atoms with Gasteiger partial charge in [0.05, 0.1) is 21.7 Å². The molecule has 1 fully saturated rings. The number of H-pyrrole nitrogens is 1. The van der Waals surface area contributed by atoms with Crippen molar-refractivity contribution in [3.05, 3.63) is 42.7 Å². The average Bonchev–Trinajstić information content (AvgIpc) is 3.07. The lowest BCUT2D eigenvalue weighted by molar-refractivity contribution is 0.589. The van der Waals surface area contributed by atoms with E-state index in [1.165, 1.54) is 18.3 Å². The highest BCUT2D eigenvalue weighted by atomic mass is 32.2. The average molecular weight is 357 g/mol. The van der Waals surface area contributed by atoms with E-state index in [1.807, 2.05) is 6.07 Å². The quantitative estimate of drug-likeness (QED) is 0.612. The first kappa shape index (κ1) is 15.9. The van der Waals surface area contributed by atoms with E-state index >= 15 is 0 Å². The minimum atomic E-state index is -3.64. The number of nitrogens with one attached hydrogen (secondary N) is 2. The van der Waals surface area contributed by atoms with Gasteiger partial charge in [-0.3, -0.25) is 0 Å². The standard InChI is InChI=1S/C17H19N5O2S/c18-12-1-3-14(4-2-12)25(23,24)16-11-21-17-15(16)9-13(10-20-17)22-7-5-19-6-8-22/h1-4,9-11,19H,5-8,18H2,(H,20,21). The molecular formula is C17H19N5O2S. The molecule has 1 aliphatic rings. The number of aromatic amines is 1. The van der Waals surface area contributed by atoms with E-state index in [0.29, 0.717) is 16.7 Å². The van der Waals surface area contributed by atoms with Crippen molar-refractivity contribution in [2.45, 2.75) is 9.79 Å². The van der Waals surface area contributed by atoms with Crippen LogP contribution in [0.5, 0.6) is 0 Å². The number of anilines is 2. The van der Waals surface area contributed by atoms with Gasteiger partial charge in [0, 0.05) is 43.4 Å². The zero-order chi connectivity index (χ0) is 17.4. The van der Waals surface area contributed by atoms with Crippen LogP contribution in [0.2, 0.25) is 0 Å². The summed E-state index contributed by atoms with van der Waals surface area (Å²) in [6.07, 6.45) is 3.29. The van der Waals surface area contributed by atoms with Gasteiger partial charge in [0.25, 0.3) is 0 Å². The van der Waals surface area contributed by atoms with E-state index < -0.39 is 9.84 Å². The maximum atomic E-state index is 13.0. The first-order valence-electron chi connectivity index (χ1n) is 8.09. The van der Waals surface area contributed by atoms with Gasteiger partial charge in [0.15, 0.2) is 0 Å². The lowest BCUT2D eigenvalue weighted by atomic mass is 10.2. The van der Waals surface area contributed by atoms with Crippen LogP contribution >= 0.6 is 0 Å². The maximum absolute atomic E-state index is 13.0. The third kappa shape index (κ3) is 2.83. The van der Waals surface area contributed by atoms with Crippen molar-refractivity contribution < 1.29 is 8.42 Å². The van der Waals surface area contributed by atoms with Gasteiger partial charge in [0.1, 0.15) is 5.65 Å². The minimum absolute atomic E-state index is 0.218. The van der Waals surface area contributed by atoms with Crippen LogP contribution in [0.25, 0.3) is 11.0 Å². The number of fused-ring (bicyclic) bond motifs is 1. The molecule has 0 spiro atoms. The van der Waals surface area contributed by atoms with E-state index in [4.69, 9.17) is 5.73 Å². The highest BCUT2D eigenvalue weighted by molar-refractivity contribution is 7.91. The molecule has 130 valence electrons. The molecule has 0 unspecified atom stereocenters. The summed E-state index contributed by atoms with van der Waals surface area (Å²) in [5, 5.41) is 3.91. The zero-order valence-electron chi connectivity index (χ0n) is 13.6. The van der Waals surface area contributed by atoms with E-state index in [-0.39, 0.29) is 9.79 Å². The number of sulfone groups is 1. The third-order valence-electron chi connectivity index (χ3n) is 4.44. The fourth-order valence-corrected chi connectivity index (χ4v) is 4.47. The van der Waals surface area contributed by atoms with Gasteiger partial charge in [-0.05, 0) is 30.3 Å². The van der Waals surface area contributed by atoms with Crippen LogP contribution in [-0.2, 0) is 9.84 Å². The summed E-state index contributed by atoms with van der Waals surface area (Å²) in [7, 11) is -3.64. The van der Waals surface area contributed by atoms with Gasteiger partial charge in [-0.2, -0.15) is 0 Å². The number of pyridine rings is 1. The molecule has 0 amide bonds. The maximum Gasteiger partial charge on any atom is 0.208 e. The van der Waals surface area contributed by atoms with Gasteiger partial charge >= 0.3 is 0 Å². The van der Waals surface area contributed by atoms with Gasteiger partial charge in [-0.1, -0.05) is 0 Å². The van der Waals surface area contributed by atoms with Crippen LogP contribution in [-0.4, -0.2) is 44.6 Å². The number of benzene rings is 1. The number of rotatable bonds is 3. The Balaban J connectivity index is 1.80. The summed E-state index contributed by atoms with van der Waals surface area (Å²) < 4.78 is 26.0. The molecule has 3 aromatic rings. The minimum Gasteiger partial charge on any atom is -0.399 e. The van der Waals surface area contributed by atoms with Gasteiger partial charge in [-0.25, -0.2) is 13.4 Å². The predicted octanol–water partition coefficient (Wildman–Crippen LogP) is 1.39. The van der Waals surface area contributed by atoms with Crippen LogP contribution in [0.15, 0.2) is 52.5 Å². The van der Waals surface area contributed by atoms with E-state index in [2.05, 4.69) is 20.2 Å². The SMILES string of the molecule is Nc1ccc(S(=O)(=O)c2c[nH]c3ncc(N4CCNCC4)cc23)cc1. The van der Waals surface area contributed by atoms with E-state index in [9.17, 15) is 8.42 Å². The molecule has 1 aliphatic heterocycles. The number of hydrogen-bond donors (Lipinski definition) is 3. The highest BCUT2D eigenvalue weighted by Crippen LogP contribution is 2.30. The number of aromatic nitrogens is 2. The monoisotopic (exact) mass is 357 g/mol. The summed E-state index contributed by atoms with van der Waals surface area (Å²) in [4.78, 5) is 10.0. The van der Waals surface area contributed by atoms with Gasteiger partial charge in [0.2, 0.25) is 9.84 Å². The van der Waals surface area contributed by atoms with Crippen molar-refractivity contribution in [2.75, 3.05) is 36.8 Å². The lowest BCUT2D eigenvalue weighted by Gasteiger charge is -2.29. The van der Waals surface area contributed by atoms with Crippen LogP contribution in [0.3, 0.4) is 0 Å². The second kappa shape index (κ2) is 6.05. The Labute approximate surface area is 145 Å². The van der Waals surface area contributed by atoms with E-state index in [0.717, 1.165) is 31.9 Å². The van der Waals surface area contributed by atoms with Crippen molar-refractivity contribution in [2.24, 2.45) is 0 Å². The molecule has 3 heterocycles. The topological polar surface area (TPSA) is 104 Å². The molecule has 1 saturated heterocycles. The Bertz CT molecular complexity index is 1010. The summed E-state index contributed by atoms with van der Waals surface area (Å²) in [6, 6.07) is 8.13. The van der Waals surface area contributed by atoms with Crippen LogP contribution in [0.1, 0.15) is 0 Å². The van der Waals surface area contributed by atoms with E-state index in [1.54, 1.807) is 18.3 Å². The van der Waals surface area contributed by atoms with Gasteiger partial charge < -0.3 is 20.9 Å². The van der Waals surface area contributed by atoms with Crippen molar-refractivity contribution >= 4 is 32.2 Å². The molecular weight excluding hydrogens is 338 g/mol. The molecule has 7 nitrogen and oxygen atoms in total. The molecule has 0 saturated carbocycles. The number of nitrogen functional groups attached to an aromatic ring is 1. The van der Waals surface area contributed by atoms with Crippen LogP contribution < -0.4 is 16.0 Å². The number of piperazine rings is 1. The van der Waals surface area contributed by atoms with Crippen molar-refractivity contribution in [1.29, 1.82) is 0 Å². The molecule has 0 atom stereocenters.